The molecule has 0 amide bonds. The molecule has 9 nitrogen and oxygen atoms in total. The normalized spacial score (nSPS) is 11.7. The van der Waals surface area contributed by atoms with Gasteiger partial charge in [0.25, 0.3) is 5.56 Å². The lowest BCUT2D eigenvalue weighted by Gasteiger charge is -2.11. The Kier molecular flexibility index (Phi) is 5.61. The van der Waals surface area contributed by atoms with Gasteiger partial charge in [-0.05, 0) is 6.07 Å². The minimum absolute atomic E-state index is 0.0890. The van der Waals surface area contributed by atoms with Gasteiger partial charge in [0.15, 0.2) is 0 Å². The van der Waals surface area contributed by atoms with Crippen LogP contribution in [0.15, 0.2) is 58.4 Å². The van der Waals surface area contributed by atoms with Gasteiger partial charge in [0.05, 0.1) is 36.1 Å². The van der Waals surface area contributed by atoms with E-state index >= 15 is 0 Å². The number of nitrogens with zero attached hydrogens (tertiary/aromatic N) is 7. The van der Waals surface area contributed by atoms with Gasteiger partial charge in [-0.25, -0.2) is 14.0 Å². The zero-order valence-corrected chi connectivity index (χ0v) is 18.5. The van der Waals surface area contributed by atoms with E-state index in [1.165, 1.54) is 33.0 Å². The predicted octanol–water partition coefficient (Wildman–Crippen LogP) is 3.13. The molecule has 4 rings (SSSR count). The van der Waals surface area contributed by atoms with Crippen LogP contribution in [0.4, 0.5) is 0 Å². The minimum atomic E-state index is -0.587. The molecule has 4 aromatic heterocycles. The highest BCUT2D eigenvalue weighted by Gasteiger charge is 2.21. The predicted molar refractivity (Wildman–Crippen MR) is 125 cm³/mol. The number of hydrogen-bond donors (Lipinski definition) is 0. The highest BCUT2D eigenvalue weighted by Crippen LogP contribution is 2.33. The van der Waals surface area contributed by atoms with Crippen molar-refractivity contribution in [2.45, 2.75) is 13.0 Å². The Hall–Kier alpha value is -3.81. The summed E-state index contributed by atoms with van der Waals surface area (Å²) in [5, 5.41) is 17.4. The van der Waals surface area contributed by atoms with Gasteiger partial charge in [0, 0.05) is 29.1 Å². The SMILES string of the molecule is C=C/C=C(\C(=C)Cl)c1cc2c(s1)c(=O)n(-c1cncc3nnn(C)c13)c(=O)n2CCC#N. The molecule has 0 unspecified atom stereocenters. The second kappa shape index (κ2) is 8.37. The van der Waals surface area contributed by atoms with Crippen LogP contribution in [0.5, 0.6) is 0 Å². The van der Waals surface area contributed by atoms with Gasteiger partial charge in [-0.15, -0.1) is 16.4 Å². The number of hydrogen-bond acceptors (Lipinski definition) is 7. The van der Waals surface area contributed by atoms with Crippen LogP contribution in [0.25, 0.3) is 32.5 Å². The van der Waals surface area contributed by atoms with Gasteiger partial charge in [-0.2, -0.15) is 5.26 Å². The minimum Gasteiger partial charge on any atom is -0.291 e. The van der Waals surface area contributed by atoms with E-state index in [4.69, 9.17) is 16.9 Å². The summed E-state index contributed by atoms with van der Waals surface area (Å²) in [5.74, 6) is 0. The first-order chi connectivity index (χ1) is 15.4. The lowest BCUT2D eigenvalue weighted by molar-refractivity contribution is 0.661. The Labute approximate surface area is 190 Å². The molecule has 4 heterocycles. The third-order valence-electron chi connectivity index (χ3n) is 4.84. The van der Waals surface area contributed by atoms with E-state index < -0.39 is 11.2 Å². The van der Waals surface area contributed by atoms with Crippen molar-refractivity contribution in [1.29, 1.82) is 5.26 Å². The molecule has 0 N–H and O–H groups in total. The van der Waals surface area contributed by atoms with Gasteiger partial charge in [-0.1, -0.05) is 42.1 Å². The molecule has 0 aliphatic heterocycles. The van der Waals surface area contributed by atoms with Crippen LogP contribution < -0.4 is 11.2 Å². The van der Waals surface area contributed by atoms with Crippen molar-refractivity contribution >= 4 is 49.8 Å². The molecule has 0 spiro atoms. The zero-order valence-electron chi connectivity index (χ0n) is 16.9. The number of rotatable bonds is 6. The maximum atomic E-state index is 13.5. The van der Waals surface area contributed by atoms with E-state index in [-0.39, 0.29) is 23.7 Å². The smallest absolute Gasteiger partial charge is 0.291 e. The summed E-state index contributed by atoms with van der Waals surface area (Å²) in [6.45, 7) is 7.57. The number of nitriles is 1. The Bertz CT molecular complexity index is 1600. The van der Waals surface area contributed by atoms with Crippen molar-refractivity contribution in [3.63, 3.8) is 0 Å². The largest absolute Gasteiger partial charge is 0.336 e. The summed E-state index contributed by atoms with van der Waals surface area (Å²) >= 11 is 7.33. The fraction of sp³-hybridized carbons (Fsp3) is 0.143. The Morgan fingerprint density at radius 2 is 2.16 bits per heavy atom. The van der Waals surface area contributed by atoms with Gasteiger partial charge in [0.1, 0.15) is 15.7 Å². The summed E-state index contributed by atoms with van der Waals surface area (Å²) in [7, 11) is 1.66. The van der Waals surface area contributed by atoms with E-state index in [2.05, 4.69) is 28.5 Å². The van der Waals surface area contributed by atoms with Crippen molar-refractivity contribution in [3.8, 4) is 11.8 Å². The van der Waals surface area contributed by atoms with Crippen molar-refractivity contribution < 1.29 is 0 Å². The fourth-order valence-electron chi connectivity index (χ4n) is 3.45. The molecule has 4 aromatic rings. The molecule has 0 atom stereocenters. The Morgan fingerprint density at radius 1 is 1.38 bits per heavy atom. The maximum Gasteiger partial charge on any atom is 0.336 e. The fourth-order valence-corrected chi connectivity index (χ4v) is 4.82. The van der Waals surface area contributed by atoms with Crippen LogP contribution in [-0.2, 0) is 13.6 Å². The second-order valence-electron chi connectivity index (χ2n) is 6.77. The molecule has 0 bridgehead atoms. The van der Waals surface area contributed by atoms with Crippen molar-refractivity contribution in [2.75, 3.05) is 0 Å². The third-order valence-corrected chi connectivity index (χ3v) is 6.19. The van der Waals surface area contributed by atoms with Crippen molar-refractivity contribution in [1.82, 2.24) is 29.1 Å². The highest BCUT2D eigenvalue weighted by atomic mass is 35.5. The first-order valence-electron chi connectivity index (χ1n) is 9.37. The lowest BCUT2D eigenvalue weighted by Crippen LogP contribution is -2.38. The molecule has 0 radical (unpaired) electrons. The number of fused-ring (bicyclic) bond motifs is 2. The standard InChI is InChI=1S/C21H16ClN7O2S/c1-4-6-13(12(2)22)17-9-15-19(32-17)20(30)29(21(31)28(15)8-5-7-23)16-11-24-10-14-18(16)27(3)26-25-14/h4,6,9-11H,1-2,5,8H2,3H3/b13-6+. The van der Waals surface area contributed by atoms with E-state index in [9.17, 15) is 9.59 Å². The maximum absolute atomic E-state index is 13.5. The van der Waals surface area contributed by atoms with Crippen molar-refractivity contribution in [2.24, 2.45) is 7.05 Å². The molecule has 0 aromatic carbocycles. The van der Waals surface area contributed by atoms with E-state index in [1.807, 2.05) is 6.07 Å². The van der Waals surface area contributed by atoms with Crippen LogP contribution >= 0.6 is 22.9 Å². The molecule has 32 heavy (non-hydrogen) atoms. The van der Waals surface area contributed by atoms with Crippen LogP contribution in [0.2, 0.25) is 0 Å². The van der Waals surface area contributed by atoms with Crippen molar-refractivity contribution in [3.05, 3.63) is 74.5 Å². The van der Waals surface area contributed by atoms with E-state index in [0.717, 1.165) is 4.57 Å². The Balaban J connectivity index is 2.13. The topological polar surface area (TPSA) is 111 Å². The summed E-state index contributed by atoms with van der Waals surface area (Å²) < 4.78 is 4.26. The van der Waals surface area contributed by atoms with Crippen LogP contribution in [0.3, 0.4) is 0 Å². The average Bonchev–Trinajstić information content (AvgIpc) is 3.37. The number of thiophene rings is 1. The third kappa shape index (κ3) is 3.37. The lowest BCUT2D eigenvalue weighted by atomic mass is 10.2. The van der Waals surface area contributed by atoms with Crippen LogP contribution in [0, 0.1) is 11.3 Å². The number of pyridine rings is 1. The molecule has 11 heteroatoms. The van der Waals surface area contributed by atoms with Crippen LogP contribution in [-0.4, -0.2) is 29.1 Å². The van der Waals surface area contributed by atoms with Gasteiger partial charge < -0.3 is 0 Å². The molecule has 0 fully saturated rings. The number of halogens is 1. The first kappa shape index (κ1) is 21.4. The van der Waals surface area contributed by atoms with Crippen LogP contribution in [0.1, 0.15) is 11.3 Å². The number of allylic oxidation sites excluding steroid dienone is 4. The van der Waals surface area contributed by atoms with Gasteiger partial charge >= 0.3 is 5.69 Å². The van der Waals surface area contributed by atoms with Gasteiger partial charge in [0.2, 0.25) is 0 Å². The summed E-state index contributed by atoms with van der Waals surface area (Å²) in [6, 6.07) is 3.75. The molecule has 0 saturated carbocycles. The summed E-state index contributed by atoms with van der Waals surface area (Å²) in [4.78, 5) is 31.8. The first-order valence-corrected chi connectivity index (χ1v) is 10.6. The zero-order chi connectivity index (χ0) is 23.0. The average molecular weight is 466 g/mol. The molecule has 0 aliphatic carbocycles. The molecular weight excluding hydrogens is 450 g/mol. The summed E-state index contributed by atoms with van der Waals surface area (Å²) in [6.07, 6.45) is 6.27. The van der Waals surface area contributed by atoms with Gasteiger partial charge in [-0.3, -0.25) is 14.3 Å². The number of aromatic nitrogens is 6. The monoisotopic (exact) mass is 465 g/mol. The molecule has 0 aliphatic rings. The molecule has 160 valence electrons. The quantitative estimate of drug-likeness (QED) is 0.404. The summed E-state index contributed by atoms with van der Waals surface area (Å²) in [5.41, 5.74) is 1.11. The van der Waals surface area contributed by atoms with E-state index in [0.29, 0.717) is 31.7 Å². The van der Waals surface area contributed by atoms with E-state index in [1.54, 1.807) is 25.3 Å². The Morgan fingerprint density at radius 3 is 2.84 bits per heavy atom. The molecule has 0 saturated heterocycles. The molecular formula is C21H16ClN7O2S. The highest BCUT2D eigenvalue weighted by molar-refractivity contribution is 7.20. The second-order valence-corrected chi connectivity index (χ2v) is 8.28. The number of aryl methyl sites for hydroxylation is 2.